The fourth-order valence-corrected chi connectivity index (χ4v) is 3.69. The standard InChI is InChI=1S/C18H17N3O4/c19-16-6-5-13(21(23)24)9-14(16)17(22)20-8-7-18(11-20)15-4-2-1-3-12(15)10-25-18/h1-6,9H,7-8,10-11,19H2. The van der Waals surface area contributed by atoms with Crippen molar-refractivity contribution in [1.29, 1.82) is 0 Å². The number of nitrogens with zero attached hydrogens (tertiary/aromatic N) is 2. The van der Waals surface area contributed by atoms with Crippen LogP contribution in [-0.2, 0) is 16.9 Å². The predicted octanol–water partition coefficient (Wildman–Crippen LogP) is 2.45. The second-order valence-electron chi connectivity index (χ2n) is 6.45. The van der Waals surface area contributed by atoms with Crippen LogP contribution in [0.2, 0.25) is 0 Å². The maximum Gasteiger partial charge on any atom is 0.270 e. The number of anilines is 1. The Kier molecular flexibility index (Phi) is 3.47. The minimum absolute atomic E-state index is 0.145. The van der Waals surface area contributed by atoms with E-state index in [1.165, 1.54) is 18.2 Å². The molecule has 4 rings (SSSR count). The first-order chi connectivity index (χ1) is 12.0. The van der Waals surface area contributed by atoms with Crippen molar-refractivity contribution in [2.45, 2.75) is 18.6 Å². The number of nitro benzene ring substituents is 1. The van der Waals surface area contributed by atoms with Gasteiger partial charge in [0, 0.05) is 24.4 Å². The van der Waals surface area contributed by atoms with Crippen LogP contribution in [-0.4, -0.2) is 28.8 Å². The molecule has 2 aromatic carbocycles. The molecule has 1 spiro atoms. The highest BCUT2D eigenvalue weighted by molar-refractivity contribution is 6.00. The largest absolute Gasteiger partial charge is 0.398 e. The average Bonchev–Trinajstić information content (AvgIpc) is 3.20. The van der Waals surface area contributed by atoms with Gasteiger partial charge in [0.2, 0.25) is 0 Å². The lowest BCUT2D eigenvalue weighted by Gasteiger charge is -2.25. The van der Waals surface area contributed by atoms with Gasteiger partial charge in [0.05, 0.1) is 23.6 Å². The number of hydrogen-bond donors (Lipinski definition) is 1. The number of rotatable bonds is 2. The predicted molar refractivity (Wildman–Crippen MR) is 90.9 cm³/mol. The van der Waals surface area contributed by atoms with Crippen LogP contribution in [0.3, 0.4) is 0 Å². The topological polar surface area (TPSA) is 98.7 Å². The lowest BCUT2D eigenvalue weighted by atomic mass is 9.92. The van der Waals surface area contributed by atoms with Crippen LogP contribution in [0.4, 0.5) is 11.4 Å². The van der Waals surface area contributed by atoms with Gasteiger partial charge >= 0.3 is 0 Å². The first-order valence-corrected chi connectivity index (χ1v) is 8.06. The number of nitro groups is 1. The first-order valence-electron chi connectivity index (χ1n) is 8.06. The summed E-state index contributed by atoms with van der Waals surface area (Å²) in [6, 6.07) is 12.0. The lowest BCUT2D eigenvalue weighted by Crippen LogP contribution is -2.34. The van der Waals surface area contributed by atoms with Crippen molar-refractivity contribution in [2.75, 3.05) is 18.8 Å². The molecule has 0 saturated carbocycles. The molecule has 25 heavy (non-hydrogen) atoms. The molecule has 7 heteroatoms. The lowest BCUT2D eigenvalue weighted by molar-refractivity contribution is -0.384. The van der Waals surface area contributed by atoms with Crippen molar-refractivity contribution in [2.24, 2.45) is 0 Å². The van der Waals surface area contributed by atoms with Gasteiger partial charge in [0.25, 0.3) is 11.6 Å². The summed E-state index contributed by atoms with van der Waals surface area (Å²) in [5, 5.41) is 11.0. The molecular formula is C18H17N3O4. The zero-order valence-corrected chi connectivity index (χ0v) is 13.5. The molecule has 7 nitrogen and oxygen atoms in total. The monoisotopic (exact) mass is 339 g/mol. The smallest absolute Gasteiger partial charge is 0.270 e. The van der Waals surface area contributed by atoms with Gasteiger partial charge in [0.1, 0.15) is 5.60 Å². The zero-order chi connectivity index (χ0) is 17.6. The molecule has 0 aromatic heterocycles. The maximum absolute atomic E-state index is 12.9. The Bertz CT molecular complexity index is 882. The summed E-state index contributed by atoms with van der Waals surface area (Å²) < 4.78 is 6.05. The number of hydrogen-bond acceptors (Lipinski definition) is 5. The van der Waals surface area contributed by atoms with Gasteiger partial charge in [-0.25, -0.2) is 0 Å². The van der Waals surface area contributed by atoms with Crippen LogP contribution in [0.1, 0.15) is 27.9 Å². The molecular weight excluding hydrogens is 322 g/mol. The Balaban J connectivity index is 1.62. The minimum Gasteiger partial charge on any atom is -0.398 e. The molecule has 2 heterocycles. The number of nitrogens with two attached hydrogens (primary N) is 1. The minimum atomic E-state index is -0.530. The number of amides is 1. The van der Waals surface area contributed by atoms with E-state index in [4.69, 9.17) is 10.5 Å². The fourth-order valence-electron chi connectivity index (χ4n) is 3.69. The van der Waals surface area contributed by atoms with E-state index in [0.717, 1.165) is 11.1 Å². The molecule has 2 aliphatic heterocycles. The molecule has 0 bridgehead atoms. The molecule has 1 atom stereocenters. The van der Waals surface area contributed by atoms with E-state index in [-0.39, 0.29) is 22.8 Å². The number of carbonyl (C=O) groups is 1. The molecule has 1 amide bonds. The quantitative estimate of drug-likeness (QED) is 0.515. The molecule has 0 aliphatic carbocycles. The third-order valence-corrected chi connectivity index (χ3v) is 5.01. The zero-order valence-electron chi connectivity index (χ0n) is 13.5. The van der Waals surface area contributed by atoms with Gasteiger partial charge in [0.15, 0.2) is 0 Å². The molecule has 1 fully saturated rings. The van der Waals surface area contributed by atoms with Crippen molar-refractivity contribution < 1.29 is 14.5 Å². The van der Waals surface area contributed by atoms with E-state index in [2.05, 4.69) is 0 Å². The number of carbonyl (C=O) groups excluding carboxylic acids is 1. The highest BCUT2D eigenvalue weighted by Crippen LogP contribution is 2.43. The summed E-state index contributed by atoms with van der Waals surface area (Å²) in [7, 11) is 0. The molecule has 1 unspecified atom stereocenters. The summed E-state index contributed by atoms with van der Waals surface area (Å²) in [4.78, 5) is 25.0. The van der Waals surface area contributed by atoms with E-state index in [1.54, 1.807) is 4.90 Å². The van der Waals surface area contributed by atoms with Gasteiger partial charge in [-0.15, -0.1) is 0 Å². The van der Waals surface area contributed by atoms with Crippen molar-refractivity contribution in [3.8, 4) is 0 Å². The molecule has 1 saturated heterocycles. The second-order valence-corrected chi connectivity index (χ2v) is 6.45. The number of non-ortho nitro benzene ring substituents is 1. The van der Waals surface area contributed by atoms with Crippen molar-refractivity contribution in [1.82, 2.24) is 4.90 Å². The Labute approximate surface area is 144 Å². The van der Waals surface area contributed by atoms with Gasteiger partial charge in [-0.3, -0.25) is 14.9 Å². The van der Waals surface area contributed by atoms with Crippen LogP contribution < -0.4 is 5.73 Å². The highest BCUT2D eigenvalue weighted by atomic mass is 16.6. The SMILES string of the molecule is Nc1ccc([N+](=O)[O-])cc1C(=O)N1CCC2(C1)OCc1ccccc12. The summed E-state index contributed by atoms with van der Waals surface area (Å²) in [6.07, 6.45) is 0.699. The van der Waals surface area contributed by atoms with Crippen molar-refractivity contribution in [3.05, 3.63) is 69.3 Å². The van der Waals surface area contributed by atoms with E-state index in [9.17, 15) is 14.9 Å². The molecule has 2 N–H and O–H groups in total. The first kappa shape index (κ1) is 15.6. The normalized spacial score (nSPS) is 21.5. The van der Waals surface area contributed by atoms with E-state index in [0.29, 0.717) is 26.1 Å². The summed E-state index contributed by atoms with van der Waals surface area (Å²) in [5.74, 6) is -0.300. The van der Waals surface area contributed by atoms with E-state index in [1.807, 2.05) is 24.3 Å². The second kappa shape index (κ2) is 5.56. The fraction of sp³-hybridized carbons (Fsp3) is 0.278. The van der Waals surface area contributed by atoms with Gasteiger partial charge in [-0.1, -0.05) is 24.3 Å². The molecule has 128 valence electrons. The van der Waals surface area contributed by atoms with Crippen molar-refractivity contribution >= 4 is 17.3 Å². The molecule has 2 aliphatic rings. The molecule has 2 aromatic rings. The van der Waals surface area contributed by atoms with E-state index >= 15 is 0 Å². The maximum atomic E-state index is 12.9. The van der Waals surface area contributed by atoms with Crippen LogP contribution >= 0.6 is 0 Å². The number of benzene rings is 2. The summed E-state index contributed by atoms with van der Waals surface area (Å²) in [6.45, 7) is 1.48. The Morgan fingerprint density at radius 3 is 2.88 bits per heavy atom. The van der Waals surface area contributed by atoms with Gasteiger partial charge in [-0.05, 0) is 23.6 Å². The molecule has 0 radical (unpaired) electrons. The number of ether oxygens (including phenoxy) is 1. The highest BCUT2D eigenvalue weighted by Gasteiger charge is 2.47. The number of nitrogen functional groups attached to an aromatic ring is 1. The van der Waals surface area contributed by atoms with Crippen LogP contribution in [0.5, 0.6) is 0 Å². The van der Waals surface area contributed by atoms with Crippen LogP contribution in [0.25, 0.3) is 0 Å². The summed E-state index contributed by atoms with van der Waals surface area (Å²) in [5.41, 5.74) is 7.92. The van der Waals surface area contributed by atoms with Gasteiger partial charge in [-0.2, -0.15) is 0 Å². The Morgan fingerprint density at radius 2 is 2.08 bits per heavy atom. The third-order valence-electron chi connectivity index (χ3n) is 5.01. The van der Waals surface area contributed by atoms with Gasteiger partial charge < -0.3 is 15.4 Å². The van der Waals surface area contributed by atoms with E-state index < -0.39 is 10.5 Å². The van der Waals surface area contributed by atoms with Crippen LogP contribution in [0.15, 0.2) is 42.5 Å². The number of fused-ring (bicyclic) bond motifs is 2. The Morgan fingerprint density at radius 1 is 1.28 bits per heavy atom. The summed E-state index contributed by atoms with van der Waals surface area (Å²) >= 11 is 0. The third kappa shape index (κ3) is 2.44. The van der Waals surface area contributed by atoms with Crippen LogP contribution in [0, 0.1) is 10.1 Å². The number of likely N-dealkylation sites (tertiary alicyclic amines) is 1. The van der Waals surface area contributed by atoms with Crippen molar-refractivity contribution in [3.63, 3.8) is 0 Å². The average molecular weight is 339 g/mol. The Hall–Kier alpha value is -2.93.